The first-order chi connectivity index (χ1) is 11.2. The number of carbonyl (C=O) groups excluding carboxylic acids is 1. The van der Waals surface area contributed by atoms with Gasteiger partial charge in [-0.3, -0.25) is 14.6 Å². The number of hydrogen-bond acceptors (Lipinski definition) is 5. The maximum Gasteiger partial charge on any atom is 0.305 e. The van der Waals surface area contributed by atoms with Crippen molar-refractivity contribution in [1.29, 1.82) is 0 Å². The average molecular weight is 309 g/mol. The second kappa shape index (κ2) is 6.39. The average Bonchev–Trinajstić information content (AvgIpc) is 2.60. The van der Waals surface area contributed by atoms with E-state index in [0.717, 1.165) is 11.1 Å². The predicted molar refractivity (Wildman–Crippen MR) is 85.9 cm³/mol. The van der Waals surface area contributed by atoms with Crippen molar-refractivity contribution in [1.82, 2.24) is 15.0 Å². The smallest absolute Gasteiger partial charge is 0.305 e. The highest BCUT2D eigenvalue weighted by atomic mass is 16.5. The van der Waals surface area contributed by atoms with Crippen molar-refractivity contribution in [3.63, 3.8) is 0 Å². The molecule has 0 aliphatic rings. The minimum atomic E-state index is -0.274. The largest absolute Gasteiger partial charge is 0.469 e. The highest BCUT2D eigenvalue weighted by Crippen LogP contribution is 2.16. The lowest BCUT2D eigenvalue weighted by atomic mass is 10.1. The number of rotatable bonds is 4. The van der Waals surface area contributed by atoms with E-state index in [1.165, 1.54) is 7.11 Å². The van der Waals surface area contributed by atoms with Crippen LogP contribution < -0.4 is 5.56 Å². The number of H-pyrrole nitrogens is 1. The van der Waals surface area contributed by atoms with E-state index in [4.69, 9.17) is 0 Å². The second-order valence-corrected chi connectivity index (χ2v) is 5.08. The summed E-state index contributed by atoms with van der Waals surface area (Å²) in [6.07, 6.45) is 4.11. The highest BCUT2D eigenvalue weighted by molar-refractivity contribution is 5.80. The lowest BCUT2D eigenvalue weighted by molar-refractivity contribution is -0.140. The fourth-order valence-corrected chi connectivity index (χ4v) is 2.33. The van der Waals surface area contributed by atoms with E-state index < -0.39 is 0 Å². The van der Waals surface area contributed by atoms with Gasteiger partial charge in [-0.1, -0.05) is 6.07 Å². The number of ether oxygens (including phenoxy) is 1. The SMILES string of the molecule is COC(=O)CCc1ccc2nc(-c3cccnc3)[nH]c(=O)c2c1. The zero-order valence-corrected chi connectivity index (χ0v) is 12.6. The van der Waals surface area contributed by atoms with Crippen LogP contribution in [0, 0.1) is 0 Å². The molecule has 0 fully saturated rings. The van der Waals surface area contributed by atoms with Crippen molar-refractivity contribution >= 4 is 16.9 Å². The molecule has 0 bridgehead atoms. The summed E-state index contributed by atoms with van der Waals surface area (Å²) in [7, 11) is 1.36. The van der Waals surface area contributed by atoms with Gasteiger partial charge in [0.05, 0.1) is 18.0 Å². The molecule has 0 spiro atoms. The Morgan fingerprint density at radius 1 is 1.30 bits per heavy atom. The third-order valence-corrected chi connectivity index (χ3v) is 3.55. The molecule has 0 saturated heterocycles. The van der Waals surface area contributed by atoms with Gasteiger partial charge in [-0.25, -0.2) is 4.98 Å². The molecule has 3 rings (SSSR count). The Kier molecular flexibility index (Phi) is 4.14. The molecule has 2 heterocycles. The van der Waals surface area contributed by atoms with Crippen molar-refractivity contribution in [3.05, 3.63) is 58.6 Å². The summed E-state index contributed by atoms with van der Waals surface area (Å²) in [5.41, 5.74) is 2.04. The van der Waals surface area contributed by atoms with Gasteiger partial charge in [0.15, 0.2) is 0 Å². The summed E-state index contributed by atoms with van der Waals surface area (Å²) in [4.78, 5) is 34.8. The standard InChI is InChI=1S/C17H15N3O3/c1-23-15(21)7-5-11-4-6-14-13(9-11)17(22)20-16(19-14)12-3-2-8-18-10-12/h2-4,6,8-10H,5,7H2,1H3,(H,19,20,22). The van der Waals surface area contributed by atoms with Crippen LogP contribution in [0.15, 0.2) is 47.5 Å². The van der Waals surface area contributed by atoms with Crippen LogP contribution in [0.3, 0.4) is 0 Å². The number of aromatic nitrogens is 3. The summed E-state index contributed by atoms with van der Waals surface area (Å²) in [5, 5.41) is 0.500. The monoisotopic (exact) mass is 309 g/mol. The molecular weight excluding hydrogens is 294 g/mol. The number of hydrogen-bond donors (Lipinski definition) is 1. The third-order valence-electron chi connectivity index (χ3n) is 3.55. The van der Waals surface area contributed by atoms with Crippen molar-refractivity contribution in [3.8, 4) is 11.4 Å². The van der Waals surface area contributed by atoms with Crippen LogP contribution in [-0.4, -0.2) is 28.0 Å². The molecule has 3 aromatic rings. The van der Waals surface area contributed by atoms with Crippen LogP contribution in [0.25, 0.3) is 22.3 Å². The Bertz CT molecular complexity index is 904. The summed E-state index contributed by atoms with van der Waals surface area (Å²) >= 11 is 0. The zero-order chi connectivity index (χ0) is 16.2. The maximum absolute atomic E-state index is 12.3. The number of pyridine rings is 1. The Labute approximate surface area is 132 Å². The molecule has 23 heavy (non-hydrogen) atoms. The van der Waals surface area contributed by atoms with E-state index in [2.05, 4.69) is 19.7 Å². The van der Waals surface area contributed by atoms with Gasteiger partial charge in [0.1, 0.15) is 5.82 Å². The first-order valence-electron chi connectivity index (χ1n) is 7.17. The van der Waals surface area contributed by atoms with Crippen molar-refractivity contribution in [2.24, 2.45) is 0 Å². The molecule has 0 amide bonds. The number of esters is 1. The molecule has 0 aliphatic heterocycles. The molecule has 6 nitrogen and oxygen atoms in total. The molecule has 116 valence electrons. The number of fused-ring (bicyclic) bond motifs is 1. The van der Waals surface area contributed by atoms with Crippen LogP contribution in [-0.2, 0) is 16.0 Å². The minimum absolute atomic E-state index is 0.214. The lowest BCUT2D eigenvalue weighted by Crippen LogP contribution is -2.10. The van der Waals surface area contributed by atoms with Crippen LogP contribution >= 0.6 is 0 Å². The summed E-state index contributed by atoms with van der Waals surface area (Å²) in [5.74, 6) is 0.210. The number of carbonyl (C=O) groups is 1. The summed E-state index contributed by atoms with van der Waals surface area (Å²) in [6, 6.07) is 9.04. The number of methoxy groups -OCH3 is 1. The van der Waals surface area contributed by atoms with Gasteiger partial charge in [-0.2, -0.15) is 0 Å². The number of nitrogens with one attached hydrogen (secondary N) is 1. The first-order valence-corrected chi connectivity index (χ1v) is 7.17. The summed E-state index contributed by atoms with van der Waals surface area (Å²) < 4.78 is 4.62. The Morgan fingerprint density at radius 3 is 2.91 bits per heavy atom. The normalized spacial score (nSPS) is 10.7. The van der Waals surface area contributed by atoms with Gasteiger partial charge in [-0.15, -0.1) is 0 Å². The molecule has 0 saturated carbocycles. The molecule has 0 atom stereocenters. The number of benzene rings is 1. The Balaban J connectivity index is 1.97. The van der Waals surface area contributed by atoms with E-state index in [9.17, 15) is 9.59 Å². The van der Waals surface area contributed by atoms with Crippen molar-refractivity contribution < 1.29 is 9.53 Å². The van der Waals surface area contributed by atoms with Gasteiger partial charge in [0.2, 0.25) is 0 Å². The van der Waals surface area contributed by atoms with Crippen molar-refractivity contribution in [2.45, 2.75) is 12.8 Å². The molecule has 1 aromatic carbocycles. The van der Waals surface area contributed by atoms with Gasteiger partial charge < -0.3 is 9.72 Å². The molecule has 0 aliphatic carbocycles. The quantitative estimate of drug-likeness (QED) is 0.746. The maximum atomic E-state index is 12.3. The van der Waals surface area contributed by atoms with E-state index in [1.807, 2.05) is 12.1 Å². The lowest BCUT2D eigenvalue weighted by Gasteiger charge is -2.05. The van der Waals surface area contributed by atoms with E-state index in [1.54, 1.807) is 30.6 Å². The van der Waals surface area contributed by atoms with Crippen LogP contribution in [0.4, 0.5) is 0 Å². The molecule has 0 radical (unpaired) electrons. The van der Waals surface area contributed by atoms with Gasteiger partial charge in [0.25, 0.3) is 5.56 Å². The van der Waals surface area contributed by atoms with Crippen LogP contribution in [0.5, 0.6) is 0 Å². The summed E-state index contributed by atoms with van der Waals surface area (Å²) in [6.45, 7) is 0. The Hall–Kier alpha value is -3.02. The predicted octanol–water partition coefficient (Wildman–Crippen LogP) is 2.09. The van der Waals surface area contributed by atoms with Crippen molar-refractivity contribution in [2.75, 3.05) is 7.11 Å². The van der Waals surface area contributed by atoms with Gasteiger partial charge in [-0.05, 0) is 36.2 Å². The number of aryl methyl sites for hydroxylation is 1. The third kappa shape index (κ3) is 3.26. The fraction of sp³-hybridized carbons (Fsp3) is 0.176. The Morgan fingerprint density at radius 2 is 2.17 bits per heavy atom. The van der Waals surface area contributed by atoms with E-state index in [0.29, 0.717) is 23.1 Å². The fourth-order valence-electron chi connectivity index (χ4n) is 2.33. The molecular formula is C17H15N3O3. The first kappa shape index (κ1) is 14.9. The van der Waals surface area contributed by atoms with E-state index >= 15 is 0 Å². The van der Waals surface area contributed by atoms with Crippen LogP contribution in [0.2, 0.25) is 0 Å². The number of aromatic amines is 1. The minimum Gasteiger partial charge on any atom is -0.469 e. The van der Waals surface area contributed by atoms with E-state index in [-0.39, 0.29) is 17.9 Å². The molecule has 2 aromatic heterocycles. The molecule has 1 N–H and O–H groups in total. The second-order valence-electron chi connectivity index (χ2n) is 5.08. The molecule has 6 heteroatoms. The topological polar surface area (TPSA) is 84.9 Å². The zero-order valence-electron chi connectivity index (χ0n) is 12.6. The van der Waals surface area contributed by atoms with Gasteiger partial charge >= 0.3 is 5.97 Å². The number of nitrogens with zero attached hydrogens (tertiary/aromatic N) is 2. The van der Waals surface area contributed by atoms with Crippen LogP contribution in [0.1, 0.15) is 12.0 Å². The highest BCUT2D eigenvalue weighted by Gasteiger charge is 2.08. The van der Waals surface area contributed by atoms with Gasteiger partial charge in [0, 0.05) is 24.4 Å². The molecule has 0 unspecified atom stereocenters.